The summed E-state index contributed by atoms with van der Waals surface area (Å²) in [7, 11) is 0. The Morgan fingerprint density at radius 2 is 2.25 bits per heavy atom. The van der Waals surface area contributed by atoms with Gasteiger partial charge in [-0.1, -0.05) is 6.07 Å². The van der Waals surface area contributed by atoms with Gasteiger partial charge in [0.1, 0.15) is 18.7 Å². The van der Waals surface area contributed by atoms with Crippen LogP contribution in [0.2, 0.25) is 0 Å². The number of nitrogens with zero attached hydrogens (tertiary/aromatic N) is 5. The maximum absolute atomic E-state index is 12.8. The first-order chi connectivity index (χ1) is 11.8. The zero-order valence-electron chi connectivity index (χ0n) is 13.3. The molecule has 3 aromatic heterocycles. The van der Waals surface area contributed by atoms with Crippen molar-refractivity contribution < 1.29 is 4.79 Å². The summed E-state index contributed by atoms with van der Waals surface area (Å²) >= 11 is 1.71. The molecule has 0 saturated carbocycles. The summed E-state index contributed by atoms with van der Waals surface area (Å²) in [5.41, 5.74) is 1.20. The molecule has 1 atom stereocenters. The van der Waals surface area contributed by atoms with E-state index >= 15 is 0 Å². The second-order valence-corrected chi connectivity index (χ2v) is 6.87. The lowest BCUT2D eigenvalue weighted by atomic mass is 10.1. The molecule has 0 aromatic carbocycles. The van der Waals surface area contributed by atoms with Crippen LogP contribution in [0.5, 0.6) is 0 Å². The van der Waals surface area contributed by atoms with Gasteiger partial charge in [-0.15, -0.1) is 11.3 Å². The van der Waals surface area contributed by atoms with Crippen molar-refractivity contribution in [2.24, 2.45) is 0 Å². The quantitative estimate of drug-likeness (QED) is 0.717. The minimum absolute atomic E-state index is 0.0348. The Bertz CT molecular complexity index is 793. The van der Waals surface area contributed by atoms with Crippen LogP contribution in [0.1, 0.15) is 29.5 Å². The summed E-state index contributed by atoms with van der Waals surface area (Å²) in [5, 5.41) is 6.16. The van der Waals surface area contributed by atoms with Crippen molar-refractivity contribution in [1.82, 2.24) is 24.2 Å². The van der Waals surface area contributed by atoms with Crippen LogP contribution in [0.25, 0.3) is 0 Å². The number of thiophene rings is 1. The van der Waals surface area contributed by atoms with Crippen molar-refractivity contribution in [3.8, 4) is 0 Å². The molecule has 124 valence electrons. The third-order valence-corrected chi connectivity index (χ3v) is 5.34. The molecule has 0 spiro atoms. The molecule has 1 amide bonds. The van der Waals surface area contributed by atoms with Crippen LogP contribution in [0.3, 0.4) is 0 Å². The van der Waals surface area contributed by atoms with Crippen molar-refractivity contribution in [2.75, 3.05) is 6.54 Å². The smallest absolute Gasteiger partial charge is 0.223 e. The minimum atomic E-state index is 0.0348. The molecule has 0 radical (unpaired) electrons. The normalized spacial score (nSPS) is 17.0. The maximum atomic E-state index is 12.8. The van der Waals surface area contributed by atoms with Gasteiger partial charge < -0.3 is 9.47 Å². The molecule has 1 aliphatic rings. The van der Waals surface area contributed by atoms with Crippen molar-refractivity contribution in [2.45, 2.75) is 32.0 Å². The van der Waals surface area contributed by atoms with Gasteiger partial charge in [-0.2, -0.15) is 5.10 Å². The van der Waals surface area contributed by atoms with Crippen LogP contribution in [-0.4, -0.2) is 36.7 Å². The van der Waals surface area contributed by atoms with E-state index in [0.29, 0.717) is 6.42 Å². The Labute approximate surface area is 144 Å². The molecule has 0 N–H and O–H groups in total. The number of rotatable bonds is 5. The molecule has 0 saturated heterocycles. The van der Waals surface area contributed by atoms with Crippen LogP contribution >= 0.6 is 11.3 Å². The molecule has 6 nitrogen and oxygen atoms in total. The highest BCUT2D eigenvalue weighted by Crippen LogP contribution is 2.35. The van der Waals surface area contributed by atoms with Crippen LogP contribution in [0.15, 0.2) is 48.5 Å². The van der Waals surface area contributed by atoms with Crippen LogP contribution in [0.4, 0.5) is 0 Å². The molecule has 1 unspecified atom stereocenters. The number of aromatic nitrogens is 4. The second kappa shape index (κ2) is 6.60. The zero-order valence-corrected chi connectivity index (χ0v) is 14.1. The van der Waals surface area contributed by atoms with Gasteiger partial charge in [0.25, 0.3) is 0 Å². The highest BCUT2D eigenvalue weighted by atomic mass is 32.1. The largest absolute Gasteiger partial charge is 0.347 e. The fourth-order valence-corrected chi connectivity index (χ4v) is 4.13. The third kappa shape index (κ3) is 2.87. The number of hydrogen-bond donors (Lipinski definition) is 0. The predicted octanol–water partition coefficient (Wildman–Crippen LogP) is 2.55. The lowest BCUT2D eigenvalue weighted by Gasteiger charge is -2.36. The highest BCUT2D eigenvalue weighted by Gasteiger charge is 2.32. The summed E-state index contributed by atoms with van der Waals surface area (Å²) < 4.78 is 4.02. The molecule has 1 aliphatic heterocycles. The number of aryl methyl sites for hydroxylation is 1. The average molecular weight is 341 g/mol. The van der Waals surface area contributed by atoms with E-state index in [1.165, 1.54) is 16.9 Å². The first-order valence-corrected chi connectivity index (χ1v) is 9.01. The molecular weight excluding hydrogens is 322 g/mol. The number of fused-ring (bicyclic) bond motifs is 1. The lowest BCUT2D eigenvalue weighted by Crippen LogP contribution is -2.42. The Morgan fingerprint density at radius 3 is 3.04 bits per heavy atom. The van der Waals surface area contributed by atoms with Crippen molar-refractivity contribution >= 4 is 17.2 Å². The molecule has 7 heteroatoms. The van der Waals surface area contributed by atoms with Gasteiger partial charge in [0.15, 0.2) is 0 Å². The standard InChI is InChI=1S/C17H19N5OS/c23-16(6-2-8-21-13-18-12-19-21)22-10-9-20-7-1-4-14(20)17(22)15-5-3-11-24-15/h1,3-5,7,11-13,17H,2,6,8-10H2. The SMILES string of the molecule is O=C(CCCn1cncn1)N1CCn2cccc2C1c1cccs1. The van der Waals surface area contributed by atoms with E-state index in [2.05, 4.69) is 50.5 Å². The number of carbonyl (C=O) groups excluding carboxylic acids is 1. The van der Waals surface area contributed by atoms with Gasteiger partial charge in [0, 0.05) is 42.8 Å². The Kier molecular flexibility index (Phi) is 4.17. The van der Waals surface area contributed by atoms with E-state index in [-0.39, 0.29) is 11.9 Å². The molecule has 4 heterocycles. The average Bonchev–Trinajstić information content (AvgIpc) is 3.34. The lowest BCUT2D eigenvalue weighted by molar-refractivity contribution is -0.134. The number of amides is 1. The Balaban J connectivity index is 1.49. The minimum Gasteiger partial charge on any atom is -0.347 e. The van der Waals surface area contributed by atoms with Gasteiger partial charge in [-0.3, -0.25) is 9.48 Å². The van der Waals surface area contributed by atoms with E-state index in [1.54, 1.807) is 22.3 Å². The van der Waals surface area contributed by atoms with Crippen molar-refractivity contribution in [3.63, 3.8) is 0 Å². The van der Waals surface area contributed by atoms with E-state index in [0.717, 1.165) is 26.1 Å². The third-order valence-electron chi connectivity index (χ3n) is 4.42. The first kappa shape index (κ1) is 15.1. The van der Waals surface area contributed by atoms with Crippen LogP contribution in [-0.2, 0) is 17.9 Å². The van der Waals surface area contributed by atoms with Crippen molar-refractivity contribution in [3.05, 3.63) is 59.1 Å². The molecule has 4 rings (SSSR count). The van der Waals surface area contributed by atoms with E-state index in [4.69, 9.17) is 0 Å². The summed E-state index contributed by atoms with van der Waals surface area (Å²) in [5.74, 6) is 0.209. The predicted molar refractivity (Wildman–Crippen MR) is 91.6 cm³/mol. The van der Waals surface area contributed by atoms with Gasteiger partial charge in [0.05, 0.1) is 0 Å². The van der Waals surface area contributed by atoms with Crippen LogP contribution in [0, 0.1) is 0 Å². The summed E-state index contributed by atoms with van der Waals surface area (Å²) in [6, 6.07) is 8.39. The van der Waals surface area contributed by atoms with Crippen molar-refractivity contribution in [1.29, 1.82) is 0 Å². The fourth-order valence-electron chi connectivity index (χ4n) is 3.28. The molecule has 0 aliphatic carbocycles. The molecule has 0 bridgehead atoms. The summed E-state index contributed by atoms with van der Waals surface area (Å²) in [6.07, 6.45) is 6.61. The Hall–Kier alpha value is -2.41. The number of hydrogen-bond acceptors (Lipinski definition) is 4. The Morgan fingerprint density at radius 1 is 1.29 bits per heavy atom. The molecule has 0 fully saturated rings. The number of carbonyl (C=O) groups is 1. The fraction of sp³-hybridized carbons (Fsp3) is 0.353. The zero-order chi connectivity index (χ0) is 16.4. The molecular formula is C17H19N5OS. The van der Waals surface area contributed by atoms with Crippen LogP contribution < -0.4 is 0 Å². The van der Waals surface area contributed by atoms with E-state index in [1.807, 2.05) is 4.90 Å². The van der Waals surface area contributed by atoms with Gasteiger partial charge in [0.2, 0.25) is 5.91 Å². The van der Waals surface area contributed by atoms with Gasteiger partial charge in [-0.05, 0) is 30.0 Å². The van der Waals surface area contributed by atoms with Gasteiger partial charge >= 0.3 is 0 Å². The van der Waals surface area contributed by atoms with Gasteiger partial charge in [-0.25, -0.2) is 4.98 Å². The molecule has 3 aromatic rings. The molecule has 24 heavy (non-hydrogen) atoms. The highest BCUT2D eigenvalue weighted by molar-refractivity contribution is 7.10. The summed E-state index contributed by atoms with van der Waals surface area (Å²) in [6.45, 7) is 2.34. The maximum Gasteiger partial charge on any atom is 0.223 e. The van der Waals surface area contributed by atoms with E-state index in [9.17, 15) is 4.79 Å². The summed E-state index contributed by atoms with van der Waals surface area (Å²) in [4.78, 5) is 20.0. The second-order valence-electron chi connectivity index (χ2n) is 5.89. The van der Waals surface area contributed by atoms with E-state index < -0.39 is 0 Å². The monoisotopic (exact) mass is 341 g/mol. The topological polar surface area (TPSA) is 56.0 Å². The first-order valence-electron chi connectivity index (χ1n) is 8.13.